The number of benzene rings is 1. The molecule has 0 saturated carbocycles. The zero-order valence-corrected chi connectivity index (χ0v) is 18.5. The highest BCUT2D eigenvalue weighted by atomic mass is 35.5. The predicted octanol–water partition coefficient (Wildman–Crippen LogP) is 4.02. The number of piperazine rings is 1. The number of rotatable bonds is 4. The van der Waals surface area contributed by atoms with Crippen LogP contribution in [-0.4, -0.2) is 64.4 Å². The lowest BCUT2D eigenvalue weighted by atomic mass is 10.2. The summed E-state index contributed by atoms with van der Waals surface area (Å²) >= 11 is 7.76. The van der Waals surface area contributed by atoms with Gasteiger partial charge in [0.25, 0.3) is 5.91 Å². The highest BCUT2D eigenvalue weighted by Crippen LogP contribution is 2.30. The number of carbonyl (C=O) groups excluding carboxylic acids is 2. The van der Waals surface area contributed by atoms with Crippen LogP contribution in [0.5, 0.6) is 0 Å². The summed E-state index contributed by atoms with van der Waals surface area (Å²) in [6, 6.07) is 9.62. The molecule has 0 radical (unpaired) electrons. The van der Waals surface area contributed by atoms with Gasteiger partial charge < -0.3 is 14.5 Å². The van der Waals surface area contributed by atoms with E-state index in [2.05, 4.69) is 5.10 Å². The summed E-state index contributed by atoms with van der Waals surface area (Å²) in [5.74, 6) is -0.0107. The standard InChI is InChI=1S/C21H23ClN4O3S/c1-3-29-21(28)25-10-8-24(9-11-25)19(27)18-12-16-14(2)23-26(20(16)30-18)13-15-6-4-5-7-17(15)22/h4-7,12H,3,8-11,13H2,1-2H3. The molecule has 1 fully saturated rings. The summed E-state index contributed by atoms with van der Waals surface area (Å²) in [5, 5.41) is 6.32. The van der Waals surface area contributed by atoms with Gasteiger partial charge in [-0.1, -0.05) is 29.8 Å². The average Bonchev–Trinajstić information content (AvgIpc) is 3.31. The minimum absolute atomic E-state index is 0.0107. The smallest absolute Gasteiger partial charge is 0.409 e. The summed E-state index contributed by atoms with van der Waals surface area (Å²) in [7, 11) is 0. The van der Waals surface area contributed by atoms with Crippen LogP contribution in [0.2, 0.25) is 5.02 Å². The second kappa shape index (κ2) is 8.65. The van der Waals surface area contributed by atoms with Gasteiger partial charge in [0.2, 0.25) is 0 Å². The number of nitrogens with zero attached hydrogens (tertiary/aromatic N) is 4. The van der Waals surface area contributed by atoms with Gasteiger partial charge in [-0.3, -0.25) is 9.48 Å². The van der Waals surface area contributed by atoms with Gasteiger partial charge in [-0.05, 0) is 31.5 Å². The molecule has 9 heteroatoms. The fourth-order valence-electron chi connectivity index (χ4n) is 3.58. The van der Waals surface area contributed by atoms with E-state index >= 15 is 0 Å². The van der Waals surface area contributed by atoms with Crippen molar-refractivity contribution in [3.8, 4) is 0 Å². The van der Waals surface area contributed by atoms with Gasteiger partial charge in [0, 0.05) is 36.6 Å². The highest BCUT2D eigenvalue weighted by molar-refractivity contribution is 7.20. The topological polar surface area (TPSA) is 67.7 Å². The molecule has 2 amide bonds. The van der Waals surface area contributed by atoms with E-state index in [0.29, 0.717) is 49.2 Å². The van der Waals surface area contributed by atoms with Crippen molar-refractivity contribution in [1.29, 1.82) is 0 Å². The molecule has 158 valence electrons. The van der Waals surface area contributed by atoms with Crippen LogP contribution < -0.4 is 0 Å². The van der Waals surface area contributed by atoms with Crippen molar-refractivity contribution in [2.24, 2.45) is 0 Å². The third kappa shape index (κ3) is 4.02. The van der Waals surface area contributed by atoms with Crippen molar-refractivity contribution in [3.63, 3.8) is 0 Å². The van der Waals surface area contributed by atoms with E-state index < -0.39 is 0 Å². The molecule has 1 aliphatic rings. The Morgan fingerprint density at radius 3 is 2.57 bits per heavy atom. The third-order valence-corrected chi connectivity index (χ3v) is 6.69. The quantitative estimate of drug-likeness (QED) is 0.607. The molecule has 0 unspecified atom stereocenters. The first kappa shape index (κ1) is 20.7. The fourth-order valence-corrected chi connectivity index (χ4v) is 4.90. The molecular weight excluding hydrogens is 424 g/mol. The Bertz CT molecular complexity index is 1090. The fraction of sp³-hybridized carbons (Fsp3) is 0.381. The molecule has 1 saturated heterocycles. The Kier molecular flexibility index (Phi) is 5.97. The minimum atomic E-state index is -0.318. The Morgan fingerprint density at radius 2 is 1.87 bits per heavy atom. The number of amides is 2. The Morgan fingerprint density at radius 1 is 1.17 bits per heavy atom. The zero-order valence-electron chi connectivity index (χ0n) is 16.9. The molecule has 3 aromatic rings. The van der Waals surface area contributed by atoms with Crippen LogP contribution in [0.1, 0.15) is 27.9 Å². The molecule has 4 rings (SSSR count). The zero-order chi connectivity index (χ0) is 21.3. The minimum Gasteiger partial charge on any atom is -0.450 e. The molecule has 0 aliphatic carbocycles. The highest BCUT2D eigenvalue weighted by Gasteiger charge is 2.27. The van der Waals surface area contributed by atoms with Gasteiger partial charge in [-0.2, -0.15) is 5.10 Å². The lowest BCUT2D eigenvalue weighted by molar-refractivity contribution is 0.0574. The maximum atomic E-state index is 13.1. The SMILES string of the molecule is CCOC(=O)N1CCN(C(=O)c2cc3c(C)nn(Cc4ccccc4Cl)c3s2)CC1. The van der Waals surface area contributed by atoms with Crippen LogP contribution >= 0.6 is 22.9 Å². The van der Waals surface area contributed by atoms with E-state index in [1.807, 2.05) is 41.9 Å². The Labute approximate surface area is 183 Å². The average molecular weight is 447 g/mol. The number of aryl methyl sites for hydroxylation is 1. The van der Waals surface area contributed by atoms with E-state index in [4.69, 9.17) is 16.3 Å². The number of carbonyl (C=O) groups is 2. The van der Waals surface area contributed by atoms with E-state index in [-0.39, 0.29) is 12.0 Å². The van der Waals surface area contributed by atoms with Crippen molar-refractivity contribution in [3.05, 3.63) is 51.5 Å². The third-order valence-electron chi connectivity index (χ3n) is 5.19. The maximum absolute atomic E-state index is 13.1. The van der Waals surface area contributed by atoms with Crippen LogP contribution in [0.4, 0.5) is 4.79 Å². The van der Waals surface area contributed by atoms with E-state index in [1.165, 1.54) is 11.3 Å². The number of aromatic nitrogens is 2. The van der Waals surface area contributed by atoms with E-state index in [9.17, 15) is 9.59 Å². The van der Waals surface area contributed by atoms with Crippen molar-refractivity contribution in [2.75, 3.05) is 32.8 Å². The predicted molar refractivity (Wildman–Crippen MR) is 117 cm³/mol. The van der Waals surface area contributed by atoms with Gasteiger partial charge in [0.05, 0.1) is 23.7 Å². The molecule has 30 heavy (non-hydrogen) atoms. The van der Waals surface area contributed by atoms with Crippen LogP contribution in [0.15, 0.2) is 30.3 Å². The van der Waals surface area contributed by atoms with Crippen molar-refractivity contribution >= 4 is 45.2 Å². The van der Waals surface area contributed by atoms with Gasteiger partial charge in [0.1, 0.15) is 4.83 Å². The Balaban J connectivity index is 1.51. The first-order chi connectivity index (χ1) is 14.5. The molecule has 0 bridgehead atoms. The lowest BCUT2D eigenvalue weighted by Gasteiger charge is -2.33. The summed E-state index contributed by atoms with van der Waals surface area (Å²) < 4.78 is 6.95. The molecule has 7 nitrogen and oxygen atoms in total. The summed E-state index contributed by atoms with van der Waals surface area (Å²) in [4.78, 5) is 30.0. The normalized spacial score (nSPS) is 14.4. The number of halogens is 1. The van der Waals surface area contributed by atoms with Crippen LogP contribution in [0, 0.1) is 6.92 Å². The summed E-state index contributed by atoms with van der Waals surface area (Å²) in [6.07, 6.45) is -0.318. The first-order valence-electron chi connectivity index (χ1n) is 9.89. The largest absolute Gasteiger partial charge is 0.450 e. The number of ether oxygens (including phenoxy) is 1. The lowest BCUT2D eigenvalue weighted by Crippen LogP contribution is -2.50. The van der Waals surface area contributed by atoms with Gasteiger partial charge in [-0.25, -0.2) is 4.79 Å². The molecule has 1 aromatic carbocycles. The van der Waals surface area contributed by atoms with Crippen LogP contribution in [0.3, 0.4) is 0 Å². The van der Waals surface area contributed by atoms with E-state index in [1.54, 1.807) is 16.7 Å². The Hall–Kier alpha value is -2.58. The van der Waals surface area contributed by atoms with Gasteiger partial charge in [0.15, 0.2) is 0 Å². The number of fused-ring (bicyclic) bond motifs is 1. The molecule has 0 N–H and O–H groups in total. The van der Waals surface area contributed by atoms with Crippen LogP contribution in [0.25, 0.3) is 10.2 Å². The number of hydrogen-bond donors (Lipinski definition) is 0. The maximum Gasteiger partial charge on any atom is 0.409 e. The van der Waals surface area contributed by atoms with Crippen molar-refractivity contribution < 1.29 is 14.3 Å². The van der Waals surface area contributed by atoms with Crippen molar-refractivity contribution in [1.82, 2.24) is 19.6 Å². The molecular formula is C21H23ClN4O3S. The monoisotopic (exact) mass is 446 g/mol. The van der Waals surface area contributed by atoms with Crippen molar-refractivity contribution in [2.45, 2.75) is 20.4 Å². The number of thiophene rings is 1. The second-order valence-electron chi connectivity index (χ2n) is 7.14. The molecule has 0 atom stereocenters. The van der Waals surface area contributed by atoms with Crippen LogP contribution in [-0.2, 0) is 11.3 Å². The van der Waals surface area contributed by atoms with E-state index in [0.717, 1.165) is 21.5 Å². The van der Waals surface area contributed by atoms with Gasteiger partial charge in [-0.15, -0.1) is 11.3 Å². The van der Waals surface area contributed by atoms with Gasteiger partial charge >= 0.3 is 6.09 Å². The number of hydrogen-bond acceptors (Lipinski definition) is 5. The molecule has 1 aliphatic heterocycles. The summed E-state index contributed by atoms with van der Waals surface area (Å²) in [6.45, 7) is 6.59. The summed E-state index contributed by atoms with van der Waals surface area (Å²) in [5.41, 5.74) is 1.87. The second-order valence-corrected chi connectivity index (χ2v) is 8.58. The first-order valence-corrected chi connectivity index (χ1v) is 11.1. The molecule has 3 heterocycles. The molecule has 0 spiro atoms. The molecule has 2 aromatic heterocycles.